The largest absolute Gasteiger partial charge is 0.590 e. The molecule has 0 heterocycles. The Labute approximate surface area is 302 Å². The minimum atomic E-state index is -0.279. The molecule has 0 aliphatic carbocycles. The smallest absolute Gasteiger partial charge is 0.0146 e. The van der Waals surface area contributed by atoms with Crippen molar-refractivity contribution < 1.29 is 82.7 Å². The summed E-state index contributed by atoms with van der Waals surface area (Å²) in [6.45, 7) is 5.96. The van der Waals surface area contributed by atoms with Gasteiger partial charge in [-0.1, -0.05) is 121 Å². The fourth-order valence-corrected chi connectivity index (χ4v) is 6.12. The van der Waals surface area contributed by atoms with Crippen molar-refractivity contribution in [2.75, 3.05) is 0 Å². The summed E-state index contributed by atoms with van der Waals surface area (Å²) in [6, 6.07) is 37.0. The Kier molecular flexibility index (Phi) is 9.04. The van der Waals surface area contributed by atoms with E-state index >= 15 is 0 Å². The maximum Gasteiger partial charge on any atom is 0.0146 e. The van der Waals surface area contributed by atoms with Crippen LogP contribution in [0, 0.1) is 88.2 Å². The second-order valence-corrected chi connectivity index (χ2v) is 10.5. The molecule has 212 valence electrons. The first kappa shape index (κ1) is 31.9. The number of aromatic hydroxyl groups is 4. The van der Waals surface area contributed by atoms with Crippen LogP contribution in [0.1, 0.15) is 11.1 Å². The van der Waals surface area contributed by atoms with Crippen LogP contribution in [0.3, 0.4) is 0 Å². The van der Waals surface area contributed by atoms with Crippen LogP contribution < -0.4 is 0 Å². The van der Waals surface area contributed by atoms with Gasteiger partial charge in [-0.25, -0.2) is 5.39 Å². The van der Waals surface area contributed by atoms with Gasteiger partial charge in [-0.2, -0.15) is 6.07 Å². The minimum absolute atomic E-state index is 0. The number of rotatable bonds is 3. The normalized spacial score (nSPS) is 10.9. The van der Waals surface area contributed by atoms with E-state index in [0.717, 1.165) is 33.0 Å². The molecule has 0 spiro atoms. The van der Waals surface area contributed by atoms with Gasteiger partial charge >= 0.3 is 0 Å². The Morgan fingerprint density at radius 1 is 0.500 bits per heavy atom. The van der Waals surface area contributed by atoms with Crippen molar-refractivity contribution in [3.05, 3.63) is 127 Å². The third kappa shape index (κ3) is 5.05. The van der Waals surface area contributed by atoms with Gasteiger partial charge in [0.15, 0.2) is 0 Å². The Balaban J connectivity index is 0.00000192. The van der Waals surface area contributed by atoms with Crippen LogP contribution in [-0.2, 0) is 0 Å². The average Bonchev–Trinajstić information content (AvgIpc) is 3.01. The summed E-state index contributed by atoms with van der Waals surface area (Å²) in [4.78, 5) is 0. The predicted molar refractivity (Wildman–Crippen MR) is 169 cm³/mol. The van der Waals surface area contributed by atoms with Crippen molar-refractivity contribution in [3.63, 3.8) is 0 Å². The van der Waals surface area contributed by atoms with Gasteiger partial charge in [-0.15, -0.1) is 27.5 Å². The number of hydrogen-bond donors (Lipinski definition) is 4. The van der Waals surface area contributed by atoms with Gasteiger partial charge in [-0.3, -0.25) is 12.5 Å². The Morgan fingerprint density at radius 2 is 1.05 bits per heavy atom. The van der Waals surface area contributed by atoms with E-state index in [-0.39, 0.29) is 90.8 Å². The third-order valence-corrected chi connectivity index (χ3v) is 8.10. The zero-order chi connectivity index (χ0) is 29.1. The molecule has 0 atom stereocenters. The fraction of sp³-hybridized carbons (Fsp3) is 0.0263. The van der Waals surface area contributed by atoms with Crippen LogP contribution in [-0.4, -0.2) is 20.4 Å². The summed E-state index contributed by atoms with van der Waals surface area (Å²) in [7, 11) is 0. The van der Waals surface area contributed by atoms with Crippen LogP contribution in [0.25, 0.3) is 65.7 Å². The van der Waals surface area contributed by atoms with Gasteiger partial charge in [0.2, 0.25) is 0 Å². The second-order valence-electron chi connectivity index (χ2n) is 10.5. The van der Waals surface area contributed by atoms with Crippen molar-refractivity contribution in [3.8, 4) is 56.4 Å². The molecule has 4 N–H and O–H groups in total. The summed E-state index contributed by atoms with van der Waals surface area (Å²) in [5, 5.41) is 48.4. The van der Waals surface area contributed by atoms with E-state index in [1.54, 1.807) is 6.92 Å². The second kappa shape index (κ2) is 12.5. The zero-order valence-corrected chi connectivity index (χ0v) is 32.1. The fourth-order valence-electron chi connectivity index (χ4n) is 6.12. The molecule has 0 unspecified atom stereocenters. The SMILES string of the molecule is [CH2-]c1c(O)[c-]c(O)c2c(-c3cccc4ccccc34)c3c(O)[c-]c(O)c(C)c3c(-c3ccc(-c4ccccc4)cc3)c12.[U].[U]. The van der Waals surface area contributed by atoms with E-state index in [2.05, 4.69) is 19.1 Å². The van der Waals surface area contributed by atoms with Crippen molar-refractivity contribution >= 4 is 32.3 Å². The molecule has 0 aliphatic rings. The average molecular weight is 1020 g/mol. The number of phenolic OH excluding ortho intramolecular Hbond substituents is 4. The molecule has 7 rings (SSSR count). The Hall–Kier alpha value is -3.51. The van der Waals surface area contributed by atoms with Crippen molar-refractivity contribution in [1.29, 1.82) is 0 Å². The first-order chi connectivity index (χ1) is 20.3. The topological polar surface area (TPSA) is 80.9 Å². The van der Waals surface area contributed by atoms with Gasteiger partial charge in [0.1, 0.15) is 0 Å². The van der Waals surface area contributed by atoms with E-state index in [4.69, 9.17) is 0 Å². The first-order valence-electron chi connectivity index (χ1n) is 13.6. The molecule has 0 aliphatic heterocycles. The van der Waals surface area contributed by atoms with E-state index in [9.17, 15) is 20.4 Å². The van der Waals surface area contributed by atoms with E-state index in [1.165, 1.54) is 0 Å². The standard InChI is InChI=1S/C38H25O4.2U/c1-21-29(39)19-31(41)37-33(21)35(26-17-15-24(16-18-26)23-9-4-3-5-10-23)34-22(2)30(40)20-32(42)38(34)36(37)28-14-8-12-25-11-6-7-13-27(25)28;;/h3-18,39-42H,1H2,2H3;;/q-3;;. The number of aryl methyl sites for hydroxylation is 1. The molecular formula is C38H25O4U2-3. The van der Waals surface area contributed by atoms with Crippen molar-refractivity contribution in [2.45, 2.75) is 6.92 Å². The van der Waals surface area contributed by atoms with Gasteiger partial charge in [0.05, 0.1) is 0 Å². The van der Waals surface area contributed by atoms with Crippen LogP contribution in [0.5, 0.6) is 23.0 Å². The van der Waals surface area contributed by atoms with E-state index in [0.29, 0.717) is 38.2 Å². The van der Waals surface area contributed by atoms with Gasteiger partial charge in [0.25, 0.3) is 0 Å². The summed E-state index contributed by atoms with van der Waals surface area (Å²) in [5.74, 6) is -0.990. The predicted octanol–water partition coefficient (Wildman–Crippen LogP) is 9.06. The zero-order valence-electron chi connectivity index (χ0n) is 23.7. The summed E-state index contributed by atoms with van der Waals surface area (Å²) in [5.41, 5.74) is 5.54. The Bertz CT molecular complexity index is 2110. The maximum atomic E-state index is 11.5. The van der Waals surface area contributed by atoms with Crippen LogP contribution in [0.2, 0.25) is 0 Å². The monoisotopic (exact) mass is 1020 g/mol. The first-order valence-corrected chi connectivity index (χ1v) is 13.6. The molecule has 0 saturated heterocycles. The molecule has 0 radical (unpaired) electrons. The molecule has 0 aromatic heterocycles. The van der Waals surface area contributed by atoms with Gasteiger partial charge < -0.3 is 20.4 Å². The Morgan fingerprint density at radius 3 is 1.75 bits per heavy atom. The summed E-state index contributed by atoms with van der Waals surface area (Å²) >= 11 is 0. The molecule has 0 bridgehead atoms. The molecule has 4 nitrogen and oxygen atoms in total. The van der Waals surface area contributed by atoms with E-state index < -0.39 is 0 Å². The van der Waals surface area contributed by atoms with Crippen LogP contribution in [0.4, 0.5) is 0 Å². The number of benzene rings is 7. The van der Waals surface area contributed by atoms with Crippen LogP contribution in [0.15, 0.2) is 97.1 Å². The molecular weight excluding hydrogens is 996 g/mol. The van der Waals surface area contributed by atoms with Gasteiger partial charge in [0, 0.05) is 73.7 Å². The molecule has 0 saturated carbocycles. The summed E-state index contributed by atoms with van der Waals surface area (Å²) < 4.78 is 0. The van der Waals surface area contributed by atoms with Gasteiger partial charge in [-0.05, 0) is 38.8 Å². The minimum Gasteiger partial charge on any atom is -0.590 e. The summed E-state index contributed by atoms with van der Waals surface area (Å²) in [6.07, 6.45) is 0. The molecule has 0 fully saturated rings. The molecule has 0 amide bonds. The molecule has 44 heavy (non-hydrogen) atoms. The number of hydrogen-bond acceptors (Lipinski definition) is 4. The third-order valence-electron chi connectivity index (χ3n) is 8.10. The molecule has 7 aromatic rings. The quantitative estimate of drug-likeness (QED) is 0.105. The maximum absolute atomic E-state index is 11.5. The van der Waals surface area contributed by atoms with Crippen molar-refractivity contribution in [2.24, 2.45) is 0 Å². The molecule has 7 aromatic carbocycles. The number of phenols is 4. The van der Waals surface area contributed by atoms with Crippen LogP contribution >= 0.6 is 0 Å². The van der Waals surface area contributed by atoms with E-state index in [1.807, 2.05) is 97.1 Å². The molecule has 6 heteroatoms. The van der Waals surface area contributed by atoms with Crippen molar-refractivity contribution in [1.82, 2.24) is 0 Å². The number of fused-ring (bicyclic) bond motifs is 3.